The van der Waals surface area contributed by atoms with Crippen LogP contribution in [0.5, 0.6) is 0 Å². The fourth-order valence-corrected chi connectivity index (χ4v) is 2.83. The third-order valence-electron chi connectivity index (χ3n) is 3.96. The number of hydrogen-bond donors (Lipinski definition) is 0. The van der Waals surface area contributed by atoms with Crippen LogP contribution in [-0.2, 0) is 9.53 Å². The third-order valence-corrected chi connectivity index (χ3v) is 3.96. The molecular weight excluding hydrogens is 188 g/mol. The van der Waals surface area contributed by atoms with Gasteiger partial charge >= 0.3 is 5.97 Å². The van der Waals surface area contributed by atoms with E-state index in [0.29, 0.717) is 17.9 Å². The van der Waals surface area contributed by atoms with Crippen LogP contribution < -0.4 is 0 Å². The molecule has 0 amide bonds. The molecule has 0 aromatic heterocycles. The van der Waals surface area contributed by atoms with Crippen molar-refractivity contribution in [2.45, 2.75) is 51.6 Å². The first-order valence-electron chi connectivity index (χ1n) is 6.09. The van der Waals surface area contributed by atoms with Gasteiger partial charge < -0.3 is 4.74 Å². The van der Waals surface area contributed by atoms with Gasteiger partial charge in [0.2, 0.25) is 0 Å². The maximum absolute atomic E-state index is 11.6. The smallest absolute Gasteiger partial charge is 0.333 e. The van der Waals surface area contributed by atoms with Gasteiger partial charge in [0.05, 0.1) is 0 Å². The van der Waals surface area contributed by atoms with E-state index in [1.54, 1.807) is 0 Å². The zero-order chi connectivity index (χ0) is 10.8. The highest BCUT2D eigenvalue weighted by Crippen LogP contribution is 2.42. The van der Waals surface area contributed by atoms with Gasteiger partial charge in [0.25, 0.3) is 0 Å². The van der Waals surface area contributed by atoms with E-state index in [2.05, 4.69) is 6.58 Å². The highest BCUT2D eigenvalue weighted by Gasteiger charge is 2.37. The van der Waals surface area contributed by atoms with Crippen LogP contribution in [0, 0.1) is 11.8 Å². The van der Waals surface area contributed by atoms with Crippen molar-refractivity contribution in [3.8, 4) is 0 Å². The van der Waals surface area contributed by atoms with E-state index in [9.17, 15) is 4.79 Å². The fraction of sp³-hybridized carbons (Fsp3) is 0.769. The van der Waals surface area contributed by atoms with Crippen molar-refractivity contribution in [3.05, 3.63) is 12.2 Å². The first-order chi connectivity index (χ1) is 7.20. The molecule has 3 rings (SSSR count). The van der Waals surface area contributed by atoms with Gasteiger partial charge in [0, 0.05) is 5.57 Å². The quantitative estimate of drug-likeness (QED) is 0.526. The Morgan fingerprint density at radius 3 is 2.47 bits per heavy atom. The minimum absolute atomic E-state index is 0.171. The van der Waals surface area contributed by atoms with Crippen molar-refractivity contribution in [1.82, 2.24) is 0 Å². The molecule has 0 aromatic rings. The molecule has 0 aromatic carbocycles. The summed E-state index contributed by atoms with van der Waals surface area (Å²) in [5, 5.41) is 0. The van der Waals surface area contributed by atoms with Crippen LogP contribution in [0.1, 0.15) is 45.4 Å². The lowest BCUT2D eigenvalue weighted by atomic mass is 9.69. The molecule has 3 aliphatic rings. The van der Waals surface area contributed by atoms with E-state index in [0.717, 1.165) is 12.3 Å². The summed E-state index contributed by atoms with van der Waals surface area (Å²) in [7, 11) is 0. The number of carbonyl (C=O) groups excluding carboxylic acids is 1. The van der Waals surface area contributed by atoms with Gasteiger partial charge in [-0.1, -0.05) is 13.5 Å². The zero-order valence-corrected chi connectivity index (χ0v) is 9.50. The minimum Gasteiger partial charge on any atom is -0.459 e. The SMILES string of the molecule is C=C(CC)C(=O)OC1CC2CCC1CC2. The maximum atomic E-state index is 11.6. The summed E-state index contributed by atoms with van der Waals surface area (Å²) in [5.41, 5.74) is 0.608. The summed E-state index contributed by atoms with van der Waals surface area (Å²) in [6.45, 7) is 5.67. The molecule has 2 nitrogen and oxygen atoms in total. The number of carbonyl (C=O) groups is 1. The Kier molecular flexibility index (Phi) is 3.13. The largest absolute Gasteiger partial charge is 0.459 e. The summed E-state index contributed by atoms with van der Waals surface area (Å²) < 4.78 is 5.54. The summed E-state index contributed by atoms with van der Waals surface area (Å²) in [4.78, 5) is 11.6. The molecular formula is C13H20O2. The Bertz CT molecular complexity index is 262. The predicted octanol–water partition coefficient (Wildman–Crippen LogP) is 3.07. The first kappa shape index (κ1) is 10.7. The number of hydrogen-bond acceptors (Lipinski definition) is 2. The van der Waals surface area contributed by atoms with Crippen LogP contribution in [0.25, 0.3) is 0 Å². The van der Waals surface area contributed by atoms with E-state index < -0.39 is 0 Å². The Hall–Kier alpha value is -0.790. The van der Waals surface area contributed by atoms with Gasteiger partial charge in [-0.25, -0.2) is 4.79 Å². The molecule has 0 N–H and O–H groups in total. The van der Waals surface area contributed by atoms with Gasteiger partial charge in [0.15, 0.2) is 0 Å². The number of rotatable bonds is 3. The van der Waals surface area contributed by atoms with Crippen molar-refractivity contribution < 1.29 is 9.53 Å². The Morgan fingerprint density at radius 2 is 2.00 bits per heavy atom. The van der Waals surface area contributed by atoms with Crippen LogP contribution in [0.3, 0.4) is 0 Å². The lowest BCUT2D eigenvalue weighted by molar-refractivity contribution is -0.152. The average molecular weight is 208 g/mol. The van der Waals surface area contributed by atoms with E-state index in [1.807, 2.05) is 6.92 Å². The molecule has 0 heterocycles. The summed E-state index contributed by atoms with van der Waals surface area (Å²) in [5.74, 6) is 1.27. The normalized spacial score (nSPS) is 33.8. The van der Waals surface area contributed by atoms with E-state index in [1.165, 1.54) is 25.7 Å². The molecule has 3 aliphatic carbocycles. The Balaban J connectivity index is 1.90. The third kappa shape index (κ3) is 2.24. The Morgan fingerprint density at radius 1 is 1.33 bits per heavy atom. The van der Waals surface area contributed by atoms with Crippen LogP contribution >= 0.6 is 0 Å². The molecule has 0 saturated heterocycles. The monoisotopic (exact) mass is 208 g/mol. The summed E-state index contributed by atoms with van der Waals surface area (Å²) in [6.07, 6.45) is 7.16. The van der Waals surface area contributed by atoms with Crippen LogP contribution in [0.4, 0.5) is 0 Å². The molecule has 3 fully saturated rings. The molecule has 0 spiro atoms. The highest BCUT2D eigenvalue weighted by atomic mass is 16.5. The fourth-order valence-electron chi connectivity index (χ4n) is 2.83. The maximum Gasteiger partial charge on any atom is 0.333 e. The molecule has 1 atom stereocenters. The second-order valence-electron chi connectivity index (χ2n) is 4.92. The topological polar surface area (TPSA) is 26.3 Å². The molecule has 15 heavy (non-hydrogen) atoms. The number of esters is 1. The molecule has 2 bridgehead atoms. The highest BCUT2D eigenvalue weighted by molar-refractivity contribution is 5.87. The van der Waals surface area contributed by atoms with Crippen LogP contribution in [-0.4, -0.2) is 12.1 Å². The molecule has 0 aliphatic heterocycles. The first-order valence-corrected chi connectivity index (χ1v) is 6.09. The average Bonchev–Trinajstić information content (AvgIpc) is 2.29. The van der Waals surface area contributed by atoms with Crippen molar-refractivity contribution >= 4 is 5.97 Å². The van der Waals surface area contributed by atoms with Gasteiger partial charge in [0.1, 0.15) is 6.10 Å². The summed E-state index contributed by atoms with van der Waals surface area (Å²) >= 11 is 0. The van der Waals surface area contributed by atoms with Crippen molar-refractivity contribution in [2.75, 3.05) is 0 Å². The second-order valence-corrected chi connectivity index (χ2v) is 4.92. The van der Waals surface area contributed by atoms with Gasteiger partial charge in [-0.3, -0.25) is 0 Å². The number of fused-ring (bicyclic) bond motifs is 3. The van der Waals surface area contributed by atoms with Crippen molar-refractivity contribution in [3.63, 3.8) is 0 Å². The molecule has 84 valence electrons. The van der Waals surface area contributed by atoms with E-state index in [-0.39, 0.29) is 12.1 Å². The molecule has 1 unspecified atom stereocenters. The van der Waals surface area contributed by atoms with Crippen molar-refractivity contribution in [1.29, 1.82) is 0 Å². The van der Waals surface area contributed by atoms with E-state index >= 15 is 0 Å². The standard InChI is InChI=1S/C13H20O2/c1-3-9(2)13(14)15-12-8-10-4-6-11(12)7-5-10/h10-12H,2-8H2,1H3. The van der Waals surface area contributed by atoms with Gasteiger partial charge in [-0.05, 0) is 50.4 Å². The molecule has 0 radical (unpaired) electrons. The number of ether oxygens (including phenoxy) is 1. The Labute approximate surface area is 91.7 Å². The van der Waals surface area contributed by atoms with Crippen molar-refractivity contribution in [2.24, 2.45) is 11.8 Å². The lowest BCUT2D eigenvalue weighted by Crippen LogP contribution is -2.38. The van der Waals surface area contributed by atoms with Crippen LogP contribution in [0.2, 0.25) is 0 Å². The molecule has 3 saturated carbocycles. The predicted molar refractivity (Wildman–Crippen MR) is 59.4 cm³/mol. The molecule has 2 heteroatoms. The zero-order valence-electron chi connectivity index (χ0n) is 9.50. The van der Waals surface area contributed by atoms with Crippen LogP contribution in [0.15, 0.2) is 12.2 Å². The van der Waals surface area contributed by atoms with E-state index in [4.69, 9.17) is 4.74 Å². The minimum atomic E-state index is -0.171. The van der Waals surface area contributed by atoms with Gasteiger partial charge in [-0.15, -0.1) is 0 Å². The van der Waals surface area contributed by atoms with Gasteiger partial charge in [-0.2, -0.15) is 0 Å². The lowest BCUT2D eigenvalue weighted by Gasteiger charge is -2.41. The summed E-state index contributed by atoms with van der Waals surface area (Å²) in [6, 6.07) is 0. The second kappa shape index (κ2) is 4.38.